The van der Waals surface area contributed by atoms with Crippen molar-refractivity contribution < 1.29 is 9.53 Å². The summed E-state index contributed by atoms with van der Waals surface area (Å²) in [6, 6.07) is 6.02. The number of piperidine rings is 1. The minimum atomic E-state index is -0.473. The molecule has 6 heteroatoms. The van der Waals surface area contributed by atoms with E-state index in [0.717, 1.165) is 43.7 Å². The van der Waals surface area contributed by atoms with E-state index < -0.39 is 5.41 Å². The second kappa shape index (κ2) is 8.28. The van der Waals surface area contributed by atoms with Crippen LogP contribution in [0.3, 0.4) is 0 Å². The maximum Gasteiger partial charge on any atom is 0.233 e. The van der Waals surface area contributed by atoms with Gasteiger partial charge in [0.25, 0.3) is 0 Å². The number of nitrogens with zero attached hydrogens (tertiary/aromatic N) is 4. The normalized spacial score (nSPS) is 21.2. The van der Waals surface area contributed by atoms with Crippen molar-refractivity contribution in [3.63, 3.8) is 0 Å². The van der Waals surface area contributed by atoms with Crippen LogP contribution in [-0.4, -0.2) is 37.0 Å². The molecule has 1 aromatic rings. The van der Waals surface area contributed by atoms with E-state index in [-0.39, 0.29) is 5.91 Å². The Balaban J connectivity index is 1.75. The predicted molar refractivity (Wildman–Crippen MR) is 101 cm³/mol. The van der Waals surface area contributed by atoms with Gasteiger partial charge in [-0.3, -0.25) is 4.79 Å². The van der Waals surface area contributed by atoms with Gasteiger partial charge >= 0.3 is 0 Å². The van der Waals surface area contributed by atoms with Gasteiger partial charge in [-0.15, -0.1) is 6.58 Å². The zero-order chi connectivity index (χ0) is 18.4. The summed E-state index contributed by atoms with van der Waals surface area (Å²) in [5.74, 6) is 1.01. The number of amides is 1. The molecule has 0 radical (unpaired) electrons. The predicted octanol–water partition coefficient (Wildman–Crippen LogP) is 4.15. The maximum atomic E-state index is 13.3. The summed E-state index contributed by atoms with van der Waals surface area (Å²) in [5, 5.41) is 3.51. The molecule has 6 nitrogen and oxygen atoms in total. The third-order valence-electron chi connectivity index (χ3n) is 5.37. The van der Waals surface area contributed by atoms with Crippen LogP contribution in [-0.2, 0) is 16.6 Å². The highest BCUT2D eigenvalue weighted by molar-refractivity contribution is 5.92. The molecule has 1 heterocycles. The van der Waals surface area contributed by atoms with E-state index in [1.54, 1.807) is 0 Å². The Kier molecular flexibility index (Phi) is 5.84. The first-order valence-corrected chi connectivity index (χ1v) is 9.38. The largest absolute Gasteiger partial charge is 0.494 e. The lowest BCUT2D eigenvalue weighted by atomic mass is 9.61. The van der Waals surface area contributed by atoms with Gasteiger partial charge in [-0.05, 0) is 67.3 Å². The van der Waals surface area contributed by atoms with Gasteiger partial charge in [0.1, 0.15) is 5.75 Å². The van der Waals surface area contributed by atoms with Crippen LogP contribution in [0.4, 0.5) is 0 Å². The molecule has 3 rings (SSSR count). The van der Waals surface area contributed by atoms with Gasteiger partial charge in [0.15, 0.2) is 0 Å². The number of carbonyl (C=O) groups excluding carboxylic acids is 1. The van der Waals surface area contributed by atoms with E-state index in [1.807, 2.05) is 23.1 Å². The molecule has 1 saturated heterocycles. The number of hydrogen-bond acceptors (Lipinski definition) is 3. The number of allylic oxidation sites excluding steroid dienone is 1. The summed E-state index contributed by atoms with van der Waals surface area (Å²) in [7, 11) is 0. The lowest BCUT2D eigenvalue weighted by Crippen LogP contribution is -2.54. The van der Waals surface area contributed by atoms with Crippen molar-refractivity contribution in [1.82, 2.24) is 4.90 Å². The molecule has 1 unspecified atom stereocenters. The monoisotopic (exact) mass is 354 g/mol. The molecule has 1 fully saturated rings. The number of likely N-dealkylation sites (tertiary alicyclic amines) is 1. The summed E-state index contributed by atoms with van der Waals surface area (Å²) in [6.45, 7) is 6.53. The van der Waals surface area contributed by atoms with Crippen molar-refractivity contribution in [2.75, 3.05) is 26.2 Å². The van der Waals surface area contributed by atoms with Crippen LogP contribution in [0, 0.1) is 0 Å². The Morgan fingerprint density at radius 2 is 2.19 bits per heavy atom. The number of hydrogen-bond donors (Lipinski definition) is 0. The molecular formula is C20H26N4O2. The molecule has 0 spiro atoms. The lowest BCUT2D eigenvalue weighted by Gasteiger charge is -2.46. The highest BCUT2D eigenvalue weighted by Crippen LogP contribution is 2.47. The molecule has 1 atom stereocenters. The SMILES string of the molecule is C=CCC1(C(=O)N2CCCCC2)Cc2ccc(OCCCN=[N+]=[N-])cc21. The van der Waals surface area contributed by atoms with Crippen molar-refractivity contribution in [2.45, 2.75) is 43.9 Å². The topological polar surface area (TPSA) is 78.3 Å². The smallest absolute Gasteiger partial charge is 0.233 e. The molecule has 0 N–H and O–H groups in total. The summed E-state index contributed by atoms with van der Waals surface area (Å²) in [4.78, 5) is 18.1. The van der Waals surface area contributed by atoms with Crippen LogP contribution in [0.15, 0.2) is 36.0 Å². The third kappa shape index (κ3) is 3.56. The number of benzene rings is 1. The van der Waals surface area contributed by atoms with E-state index in [0.29, 0.717) is 26.0 Å². The average molecular weight is 354 g/mol. The third-order valence-corrected chi connectivity index (χ3v) is 5.37. The molecule has 1 aromatic carbocycles. The summed E-state index contributed by atoms with van der Waals surface area (Å²) in [5.41, 5.74) is 10.1. The van der Waals surface area contributed by atoms with E-state index >= 15 is 0 Å². The summed E-state index contributed by atoms with van der Waals surface area (Å²) in [6.07, 6.45) is 7.37. The van der Waals surface area contributed by atoms with Gasteiger partial charge in [-0.25, -0.2) is 0 Å². The molecule has 138 valence electrons. The lowest BCUT2D eigenvalue weighted by molar-refractivity contribution is -0.139. The van der Waals surface area contributed by atoms with Gasteiger partial charge in [0.2, 0.25) is 5.91 Å². The van der Waals surface area contributed by atoms with E-state index in [9.17, 15) is 4.79 Å². The maximum absolute atomic E-state index is 13.3. The first kappa shape index (κ1) is 18.3. The molecular weight excluding hydrogens is 328 g/mol. The second-order valence-corrected chi connectivity index (χ2v) is 7.08. The van der Waals surface area contributed by atoms with E-state index in [1.165, 1.54) is 12.0 Å². The number of azide groups is 1. The molecule has 0 bridgehead atoms. The minimum Gasteiger partial charge on any atom is -0.494 e. The fourth-order valence-electron chi connectivity index (χ4n) is 4.03. The second-order valence-electron chi connectivity index (χ2n) is 7.08. The van der Waals surface area contributed by atoms with Crippen molar-refractivity contribution in [3.8, 4) is 5.75 Å². The van der Waals surface area contributed by atoms with Crippen LogP contribution in [0.1, 0.15) is 43.2 Å². The van der Waals surface area contributed by atoms with Crippen molar-refractivity contribution in [3.05, 3.63) is 52.4 Å². The van der Waals surface area contributed by atoms with Gasteiger partial charge in [-0.2, -0.15) is 0 Å². The molecule has 1 aliphatic heterocycles. The van der Waals surface area contributed by atoms with Crippen molar-refractivity contribution in [1.29, 1.82) is 0 Å². The van der Waals surface area contributed by atoms with E-state index in [2.05, 4.69) is 22.7 Å². The number of ether oxygens (including phenoxy) is 1. The Labute approximate surface area is 154 Å². The Hall–Kier alpha value is -2.46. The number of fused-ring (bicyclic) bond motifs is 1. The molecule has 26 heavy (non-hydrogen) atoms. The van der Waals surface area contributed by atoms with E-state index in [4.69, 9.17) is 10.3 Å². The van der Waals surface area contributed by atoms with Crippen LogP contribution >= 0.6 is 0 Å². The average Bonchev–Trinajstić information content (AvgIpc) is 2.67. The molecule has 1 aliphatic carbocycles. The Morgan fingerprint density at radius 3 is 2.92 bits per heavy atom. The van der Waals surface area contributed by atoms with Gasteiger partial charge in [0.05, 0.1) is 12.0 Å². The first-order valence-electron chi connectivity index (χ1n) is 9.38. The standard InChI is InChI=1S/C20H26N4O2/c1-2-9-20(19(25)24-11-4-3-5-12-24)15-16-7-8-17(14-18(16)20)26-13-6-10-22-23-21/h2,7-8,14H,1,3-6,9-13,15H2. The Bertz CT molecular complexity index is 721. The van der Waals surface area contributed by atoms with Crippen LogP contribution < -0.4 is 4.74 Å². The van der Waals surface area contributed by atoms with Gasteiger partial charge in [-0.1, -0.05) is 17.3 Å². The van der Waals surface area contributed by atoms with Crippen molar-refractivity contribution in [2.24, 2.45) is 5.11 Å². The summed E-state index contributed by atoms with van der Waals surface area (Å²) < 4.78 is 5.78. The highest BCUT2D eigenvalue weighted by Gasteiger charge is 2.50. The zero-order valence-electron chi connectivity index (χ0n) is 15.2. The molecule has 1 amide bonds. The fraction of sp³-hybridized carbons (Fsp3) is 0.550. The van der Waals surface area contributed by atoms with Gasteiger partial charge in [0, 0.05) is 24.5 Å². The number of rotatable bonds is 8. The zero-order valence-corrected chi connectivity index (χ0v) is 15.2. The summed E-state index contributed by atoms with van der Waals surface area (Å²) >= 11 is 0. The highest BCUT2D eigenvalue weighted by atomic mass is 16.5. The van der Waals surface area contributed by atoms with Gasteiger partial charge < -0.3 is 9.64 Å². The van der Waals surface area contributed by atoms with Crippen LogP contribution in [0.5, 0.6) is 5.75 Å². The fourth-order valence-corrected chi connectivity index (χ4v) is 4.03. The van der Waals surface area contributed by atoms with Crippen molar-refractivity contribution >= 4 is 5.91 Å². The molecule has 0 saturated carbocycles. The molecule has 0 aromatic heterocycles. The van der Waals surface area contributed by atoms with Crippen LogP contribution in [0.25, 0.3) is 10.4 Å². The minimum absolute atomic E-state index is 0.241. The molecule has 2 aliphatic rings. The quantitative estimate of drug-likeness (QED) is 0.231. The number of carbonyl (C=O) groups is 1. The van der Waals surface area contributed by atoms with Crippen LogP contribution in [0.2, 0.25) is 0 Å². The first-order chi connectivity index (χ1) is 12.7. The Morgan fingerprint density at radius 1 is 1.38 bits per heavy atom.